The number of nitrogens with one attached hydrogen (secondary N) is 1. The van der Waals surface area contributed by atoms with Crippen LogP contribution in [0.5, 0.6) is 0 Å². The van der Waals surface area contributed by atoms with Crippen LogP contribution in [0, 0.1) is 12.8 Å². The Morgan fingerprint density at radius 3 is 2.67 bits per heavy atom. The highest BCUT2D eigenvalue weighted by molar-refractivity contribution is 5.93. The molecule has 0 aliphatic carbocycles. The second-order valence-corrected chi connectivity index (χ2v) is 6.77. The van der Waals surface area contributed by atoms with Crippen molar-refractivity contribution in [3.05, 3.63) is 60.9 Å². The number of carbonyl (C=O) groups excluding carboxylic acids is 1. The molecule has 1 amide bonds. The predicted octanol–water partition coefficient (Wildman–Crippen LogP) is 2.83. The van der Waals surface area contributed by atoms with Gasteiger partial charge in [0, 0.05) is 43.2 Å². The van der Waals surface area contributed by atoms with Crippen molar-refractivity contribution in [3.63, 3.8) is 0 Å². The highest BCUT2D eigenvalue weighted by Crippen LogP contribution is 2.24. The molecule has 0 bridgehead atoms. The smallest absolute Gasteiger partial charge is 0.227 e. The van der Waals surface area contributed by atoms with E-state index in [0.29, 0.717) is 0 Å². The largest absolute Gasteiger partial charge is 0.356 e. The molecule has 1 saturated heterocycles. The molecule has 0 spiro atoms. The Morgan fingerprint density at radius 2 is 1.93 bits per heavy atom. The van der Waals surface area contributed by atoms with Crippen molar-refractivity contribution in [2.45, 2.75) is 19.8 Å². The van der Waals surface area contributed by atoms with Crippen molar-refractivity contribution >= 4 is 17.4 Å². The van der Waals surface area contributed by atoms with E-state index in [2.05, 4.69) is 25.2 Å². The van der Waals surface area contributed by atoms with Crippen LogP contribution < -0.4 is 10.2 Å². The first-order chi connectivity index (χ1) is 13.2. The molecule has 1 fully saturated rings. The van der Waals surface area contributed by atoms with Gasteiger partial charge in [-0.25, -0.2) is 15.0 Å². The summed E-state index contributed by atoms with van der Waals surface area (Å²) < 4.78 is 1.85. The van der Waals surface area contributed by atoms with Crippen molar-refractivity contribution < 1.29 is 4.79 Å². The number of rotatable bonds is 4. The second-order valence-electron chi connectivity index (χ2n) is 6.77. The highest BCUT2D eigenvalue weighted by atomic mass is 16.1. The van der Waals surface area contributed by atoms with Gasteiger partial charge in [-0.15, -0.1) is 0 Å². The van der Waals surface area contributed by atoms with E-state index in [-0.39, 0.29) is 11.8 Å². The quantitative estimate of drug-likeness (QED) is 0.772. The van der Waals surface area contributed by atoms with Gasteiger partial charge in [-0.05, 0) is 31.4 Å². The average Bonchev–Trinajstić information content (AvgIpc) is 3.25. The molecule has 3 aromatic rings. The first-order valence-corrected chi connectivity index (χ1v) is 9.12. The van der Waals surface area contributed by atoms with Gasteiger partial charge in [-0.1, -0.05) is 18.2 Å². The number of hydrogen-bond acceptors (Lipinski definition) is 5. The summed E-state index contributed by atoms with van der Waals surface area (Å²) in [4.78, 5) is 27.6. The fraction of sp³-hybridized carbons (Fsp3) is 0.300. The van der Waals surface area contributed by atoms with E-state index in [9.17, 15) is 4.79 Å². The molecule has 0 saturated carbocycles. The lowest BCUT2D eigenvalue weighted by Crippen LogP contribution is -2.38. The molecule has 1 N–H and O–H groups in total. The third-order valence-corrected chi connectivity index (χ3v) is 5.00. The van der Waals surface area contributed by atoms with Gasteiger partial charge >= 0.3 is 0 Å². The number of carbonyl (C=O) groups is 1. The molecule has 4 rings (SSSR count). The van der Waals surface area contributed by atoms with Crippen molar-refractivity contribution in [3.8, 4) is 5.82 Å². The van der Waals surface area contributed by atoms with Crippen LogP contribution in [0.2, 0.25) is 0 Å². The van der Waals surface area contributed by atoms with Crippen LogP contribution in [-0.4, -0.2) is 38.5 Å². The molecule has 7 nitrogen and oxygen atoms in total. The summed E-state index contributed by atoms with van der Waals surface area (Å²) in [6.45, 7) is 3.60. The SMILES string of the molecule is Cc1ccccc1NC(=O)C1CCN(c2cc(-n3ccnc3)ncn2)CC1. The minimum Gasteiger partial charge on any atom is -0.356 e. The summed E-state index contributed by atoms with van der Waals surface area (Å²) in [7, 11) is 0. The van der Waals surface area contributed by atoms with E-state index in [4.69, 9.17) is 0 Å². The van der Waals surface area contributed by atoms with E-state index < -0.39 is 0 Å². The number of hydrogen-bond donors (Lipinski definition) is 1. The minimum absolute atomic E-state index is 0.0239. The number of aryl methyl sites for hydroxylation is 1. The maximum Gasteiger partial charge on any atom is 0.227 e. The Kier molecular flexibility index (Phi) is 4.82. The average molecular weight is 362 g/mol. The number of piperidine rings is 1. The maximum absolute atomic E-state index is 12.6. The zero-order valence-electron chi connectivity index (χ0n) is 15.2. The van der Waals surface area contributed by atoms with Crippen LogP contribution in [0.25, 0.3) is 5.82 Å². The summed E-state index contributed by atoms with van der Waals surface area (Å²) in [6, 6.07) is 9.82. The maximum atomic E-state index is 12.6. The molecular formula is C20H22N6O. The molecule has 138 valence electrons. The van der Waals surface area contributed by atoms with Gasteiger partial charge in [0.25, 0.3) is 0 Å². The van der Waals surface area contributed by atoms with Gasteiger partial charge < -0.3 is 10.2 Å². The molecule has 7 heteroatoms. The zero-order valence-corrected chi connectivity index (χ0v) is 15.2. The lowest BCUT2D eigenvalue weighted by molar-refractivity contribution is -0.120. The molecule has 1 aromatic carbocycles. The van der Waals surface area contributed by atoms with Gasteiger partial charge in [0.15, 0.2) is 0 Å². The minimum atomic E-state index is 0.0239. The molecule has 1 aliphatic rings. The topological polar surface area (TPSA) is 75.9 Å². The fourth-order valence-electron chi connectivity index (χ4n) is 3.36. The Labute approximate surface area is 158 Å². The fourth-order valence-corrected chi connectivity index (χ4v) is 3.36. The molecule has 0 radical (unpaired) electrons. The van der Waals surface area contributed by atoms with Crippen molar-refractivity contribution in [2.24, 2.45) is 5.92 Å². The van der Waals surface area contributed by atoms with E-state index >= 15 is 0 Å². The van der Waals surface area contributed by atoms with Crippen molar-refractivity contribution in [1.82, 2.24) is 19.5 Å². The van der Waals surface area contributed by atoms with Gasteiger partial charge in [0.1, 0.15) is 24.3 Å². The zero-order chi connectivity index (χ0) is 18.6. The number of aromatic nitrogens is 4. The third-order valence-electron chi connectivity index (χ3n) is 5.00. The van der Waals surface area contributed by atoms with Crippen LogP contribution in [0.1, 0.15) is 18.4 Å². The normalized spacial score (nSPS) is 14.9. The van der Waals surface area contributed by atoms with Gasteiger partial charge in [-0.3, -0.25) is 9.36 Å². The van der Waals surface area contributed by atoms with Crippen LogP contribution >= 0.6 is 0 Å². The number of benzene rings is 1. The Balaban J connectivity index is 1.38. The number of anilines is 2. The summed E-state index contributed by atoms with van der Waals surface area (Å²) >= 11 is 0. The molecule has 27 heavy (non-hydrogen) atoms. The molecular weight excluding hydrogens is 340 g/mol. The standard InChI is InChI=1S/C20H22N6O/c1-15-4-2-3-5-17(15)24-20(27)16-6-9-25(10-7-16)18-12-19(23-13-22-18)26-11-8-21-14-26/h2-5,8,11-14,16H,6-7,9-10H2,1H3,(H,24,27). The van der Waals surface area contributed by atoms with E-state index in [1.54, 1.807) is 18.9 Å². The van der Waals surface area contributed by atoms with E-state index in [0.717, 1.165) is 48.8 Å². The highest BCUT2D eigenvalue weighted by Gasteiger charge is 2.26. The number of amides is 1. The van der Waals surface area contributed by atoms with Crippen LogP contribution in [0.3, 0.4) is 0 Å². The molecule has 1 aliphatic heterocycles. The van der Waals surface area contributed by atoms with Gasteiger partial charge in [0.05, 0.1) is 0 Å². The molecule has 3 heterocycles. The first kappa shape index (κ1) is 17.2. The van der Waals surface area contributed by atoms with Crippen molar-refractivity contribution in [2.75, 3.05) is 23.3 Å². The first-order valence-electron chi connectivity index (χ1n) is 9.12. The monoisotopic (exact) mass is 362 g/mol. The predicted molar refractivity (Wildman–Crippen MR) is 104 cm³/mol. The lowest BCUT2D eigenvalue weighted by Gasteiger charge is -2.32. The molecule has 2 aromatic heterocycles. The Hall–Kier alpha value is -3.22. The van der Waals surface area contributed by atoms with Crippen LogP contribution in [0.15, 0.2) is 55.4 Å². The Bertz CT molecular complexity index is 916. The second kappa shape index (κ2) is 7.57. The van der Waals surface area contributed by atoms with E-state index in [1.807, 2.05) is 48.0 Å². The van der Waals surface area contributed by atoms with Crippen LogP contribution in [-0.2, 0) is 4.79 Å². The van der Waals surface area contributed by atoms with Gasteiger partial charge in [0.2, 0.25) is 5.91 Å². The number of para-hydroxylation sites is 1. The van der Waals surface area contributed by atoms with Crippen molar-refractivity contribution in [1.29, 1.82) is 0 Å². The van der Waals surface area contributed by atoms with Gasteiger partial charge in [-0.2, -0.15) is 0 Å². The summed E-state index contributed by atoms with van der Waals surface area (Å²) in [6.07, 6.45) is 8.48. The lowest BCUT2D eigenvalue weighted by atomic mass is 9.95. The number of imidazole rings is 1. The third kappa shape index (κ3) is 3.81. The number of nitrogens with zero attached hydrogens (tertiary/aromatic N) is 5. The van der Waals surface area contributed by atoms with Crippen LogP contribution in [0.4, 0.5) is 11.5 Å². The summed E-state index contributed by atoms with van der Waals surface area (Å²) in [5.74, 6) is 1.80. The van der Waals surface area contributed by atoms with E-state index in [1.165, 1.54) is 0 Å². The molecule has 0 atom stereocenters. The summed E-state index contributed by atoms with van der Waals surface area (Å²) in [5, 5.41) is 3.07. The Morgan fingerprint density at radius 1 is 1.15 bits per heavy atom. The summed E-state index contributed by atoms with van der Waals surface area (Å²) in [5.41, 5.74) is 1.97. The molecule has 0 unspecified atom stereocenters.